The van der Waals surface area contributed by atoms with E-state index in [9.17, 15) is 0 Å². The number of hydrogen-bond acceptors (Lipinski definition) is 3. The highest BCUT2D eigenvalue weighted by atomic mass is 35.5. The number of piperidine rings is 1. The van der Waals surface area contributed by atoms with Crippen LogP contribution in [0.3, 0.4) is 0 Å². The van der Waals surface area contributed by atoms with Gasteiger partial charge in [-0.05, 0) is 38.1 Å². The molecule has 1 spiro atoms. The lowest BCUT2D eigenvalue weighted by Crippen LogP contribution is -2.43. The minimum absolute atomic E-state index is 0.0851. The molecule has 0 aromatic heterocycles. The summed E-state index contributed by atoms with van der Waals surface area (Å²) in [7, 11) is 0. The summed E-state index contributed by atoms with van der Waals surface area (Å²) >= 11 is 5.98. The third-order valence-electron chi connectivity index (χ3n) is 3.49. The summed E-state index contributed by atoms with van der Waals surface area (Å²) in [4.78, 5) is 0. The maximum Gasteiger partial charge on any atom is 0.184 e. The van der Waals surface area contributed by atoms with Crippen LogP contribution in [-0.2, 0) is 9.47 Å². The van der Waals surface area contributed by atoms with Crippen molar-refractivity contribution in [2.24, 2.45) is 0 Å². The molecule has 1 aromatic carbocycles. The van der Waals surface area contributed by atoms with Gasteiger partial charge < -0.3 is 14.8 Å². The summed E-state index contributed by atoms with van der Waals surface area (Å²) in [6.07, 6.45) is 1.78. The van der Waals surface area contributed by atoms with Gasteiger partial charge in [-0.25, -0.2) is 0 Å². The first-order valence-corrected chi connectivity index (χ1v) is 6.41. The second-order valence-corrected chi connectivity index (χ2v) is 5.19. The largest absolute Gasteiger partial charge is 0.345 e. The molecule has 0 radical (unpaired) electrons. The first kappa shape index (κ1) is 11.5. The minimum atomic E-state index is -0.258. The van der Waals surface area contributed by atoms with E-state index in [1.807, 2.05) is 24.3 Å². The molecule has 3 nitrogen and oxygen atoms in total. The minimum Gasteiger partial charge on any atom is -0.345 e. The molecule has 0 bridgehead atoms. The molecular formula is C13H16ClNO2. The van der Waals surface area contributed by atoms with Crippen molar-refractivity contribution in [1.29, 1.82) is 0 Å². The van der Waals surface area contributed by atoms with E-state index in [4.69, 9.17) is 21.1 Å². The standard InChI is InChI=1S/C13H16ClNO2/c14-11-3-1-2-10(8-11)12-16-9-13(17-12)4-6-15-7-5-13/h1-3,8,12,15H,4-7,9H2. The molecule has 2 aliphatic rings. The van der Waals surface area contributed by atoms with Crippen molar-refractivity contribution in [2.75, 3.05) is 19.7 Å². The Balaban J connectivity index is 1.75. The van der Waals surface area contributed by atoms with Crippen LogP contribution in [-0.4, -0.2) is 25.3 Å². The van der Waals surface area contributed by atoms with E-state index in [0.29, 0.717) is 6.61 Å². The number of nitrogens with one attached hydrogen (secondary N) is 1. The number of ether oxygens (including phenoxy) is 2. The van der Waals surface area contributed by atoms with Gasteiger partial charge in [0.05, 0.1) is 12.2 Å². The van der Waals surface area contributed by atoms with E-state index < -0.39 is 0 Å². The van der Waals surface area contributed by atoms with Gasteiger partial charge in [0.15, 0.2) is 6.29 Å². The van der Waals surface area contributed by atoms with Crippen molar-refractivity contribution < 1.29 is 9.47 Å². The molecule has 2 saturated heterocycles. The number of halogens is 1. The van der Waals surface area contributed by atoms with Crippen LogP contribution in [0.15, 0.2) is 24.3 Å². The van der Waals surface area contributed by atoms with Gasteiger partial charge in [0.2, 0.25) is 0 Å². The Labute approximate surface area is 106 Å². The average Bonchev–Trinajstić information content (AvgIpc) is 2.74. The molecule has 1 atom stereocenters. The van der Waals surface area contributed by atoms with Crippen LogP contribution in [0.5, 0.6) is 0 Å². The Morgan fingerprint density at radius 1 is 1.29 bits per heavy atom. The predicted molar refractivity (Wildman–Crippen MR) is 66.1 cm³/mol. The maximum atomic E-state index is 6.11. The summed E-state index contributed by atoms with van der Waals surface area (Å²) in [6.45, 7) is 2.70. The molecule has 2 aliphatic heterocycles. The number of hydrogen-bond donors (Lipinski definition) is 1. The lowest BCUT2D eigenvalue weighted by Gasteiger charge is -2.31. The summed E-state index contributed by atoms with van der Waals surface area (Å²) in [5, 5.41) is 4.07. The third kappa shape index (κ3) is 2.33. The summed E-state index contributed by atoms with van der Waals surface area (Å²) < 4.78 is 11.9. The van der Waals surface area contributed by atoms with Crippen molar-refractivity contribution in [3.63, 3.8) is 0 Å². The first-order valence-electron chi connectivity index (χ1n) is 6.03. The van der Waals surface area contributed by atoms with Crippen molar-refractivity contribution in [3.05, 3.63) is 34.9 Å². The Bertz CT molecular complexity index is 404. The Kier molecular flexibility index (Phi) is 3.09. The second-order valence-electron chi connectivity index (χ2n) is 4.75. The molecule has 2 heterocycles. The zero-order chi connectivity index (χ0) is 11.7. The molecule has 3 rings (SSSR count). The fraction of sp³-hybridized carbons (Fsp3) is 0.538. The molecule has 4 heteroatoms. The topological polar surface area (TPSA) is 30.5 Å². The smallest absolute Gasteiger partial charge is 0.184 e. The number of rotatable bonds is 1. The normalized spacial score (nSPS) is 27.5. The van der Waals surface area contributed by atoms with Gasteiger partial charge in [-0.3, -0.25) is 0 Å². The van der Waals surface area contributed by atoms with Crippen molar-refractivity contribution in [2.45, 2.75) is 24.7 Å². The average molecular weight is 254 g/mol. The van der Waals surface area contributed by atoms with Crippen LogP contribution in [0.2, 0.25) is 5.02 Å². The van der Waals surface area contributed by atoms with E-state index in [1.165, 1.54) is 0 Å². The van der Waals surface area contributed by atoms with Crippen LogP contribution in [0, 0.1) is 0 Å². The van der Waals surface area contributed by atoms with Crippen LogP contribution >= 0.6 is 11.6 Å². The van der Waals surface area contributed by atoms with E-state index in [-0.39, 0.29) is 11.9 Å². The van der Waals surface area contributed by atoms with Crippen LogP contribution in [0.4, 0.5) is 0 Å². The molecule has 92 valence electrons. The molecule has 2 fully saturated rings. The Hall–Kier alpha value is -0.610. The molecule has 0 aliphatic carbocycles. The van der Waals surface area contributed by atoms with Gasteiger partial charge in [-0.2, -0.15) is 0 Å². The van der Waals surface area contributed by atoms with Gasteiger partial charge in [0, 0.05) is 10.6 Å². The second kappa shape index (κ2) is 4.58. The van der Waals surface area contributed by atoms with E-state index in [1.54, 1.807) is 0 Å². The van der Waals surface area contributed by atoms with E-state index in [2.05, 4.69) is 5.32 Å². The van der Waals surface area contributed by atoms with E-state index in [0.717, 1.165) is 36.5 Å². The molecular weight excluding hydrogens is 238 g/mol. The first-order chi connectivity index (χ1) is 8.27. The van der Waals surface area contributed by atoms with Gasteiger partial charge >= 0.3 is 0 Å². The van der Waals surface area contributed by atoms with Crippen LogP contribution in [0.25, 0.3) is 0 Å². The summed E-state index contributed by atoms with van der Waals surface area (Å²) in [5.41, 5.74) is 0.922. The molecule has 17 heavy (non-hydrogen) atoms. The van der Waals surface area contributed by atoms with Crippen molar-refractivity contribution >= 4 is 11.6 Å². The zero-order valence-electron chi connectivity index (χ0n) is 9.62. The quantitative estimate of drug-likeness (QED) is 0.834. The fourth-order valence-electron chi connectivity index (χ4n) is 2.48. The van der Waals surface area contributed by atoms with Gasteiger partial charge in [0.25, 0.3) is 0 Å². The highest BCUT2D eigenvalue weighted by Gasteiger charge is 2.42. The maximum absolute atomic E-state index is 6.11. The van der Waals surface area contributed by atoms with Crippen LogP contribution in [0.1, 0.15) is 24.7 Å². The van der Waals surface area contributed by atoms with Gasteiger partial charge in [0.1, 0.15) is 0 Å². The Morgan fingerprint density at radius 2 is 2.12 bits per heavy atom. The van der Waals surface area contributed by atoms with E-state index >= 15 is 0 Å². The fourth-order valence-corrected chi connectivity index (χ4v) is 2.68. The van der Waals surface area contributed by atoms with Gasteiger partial charge in [-0.15, -0.1) is 0 Å². The zero-order valence-corrected chi connectivity index (χ0v) is 10.4. The molecule has 0 saturated carbocycles. The lowest BCUT2D eigenvalue weighted by molar-refractivity contribution is -0.101. The molecule has 0 amide bonds. The third-order valence-corrected chi connectivity index (χ3v) is 3.73. The number of benzene rings is 1. The lowest BCUT2D eigenvalue weighted by atomic mass is 9.94. The highest BCUT2D eigenvalue weighted by molar-refractivity contribution is 6.30. The molecule has 1 unspecified atom stereocenters. The summed E-state index contributed by atoms with van der Waals surface area (Å²) in [6, 6.07) is 7.70. The molecule has 1 aromatic rings. The SMILES string of the molecule is Clc1cccc(C2OCC3(CCNCC3)O2)c1. The monoisotopic (exact) mass is 253 g/mol. The van der Waals surface area contributed by atoms with Gasteiger partial charge in [-0.1, -0.05) is 23.7 Å². The molecule has 1 N–H and O–H groups in total. The summed E-state index contributed by atoms with van der Waals surface area (Å²) in [5.74, 6) is 0. The van der Waals surface area contributed by atoms with Crippen molar-refractivity contribution in [3.8, 4) is 0 Å². The van der Waals surface area contributed by atoms with Crippen LogP contribution < -0.4 is 5.32 Å². The van der Waals surface area contributed by atoms with Crippen molar-refractivity contribution in [1.82, 2.24) is 5.32 Å². The predicted octanol–water partition coefficient (Wildman–Crippen LogP) is 2.51. The Morgan fingerprint density at radius 3 is 2.88 bits per heavy atom. The highest BCUT2D eigenvalue weighted by Crippen LogP contribution is 2.38.